The van der Waals surface area contributed by atoms with Crippen LogP contribution in [0, 0.1) is 0 Å². The van der Waals surface area contributed by atoms with Gasteiger partial charge in [0.2, 0.25) is 0 Å². The molecule has 2 aliphatic heterocycles. The fourth-order valence-electron chi connectivity index (χ4n) is 2.92. The Labute approximate surface area is 97.4 Å². The predicted molar refractivity (Wildman–Crippen MR) is 63.6 cm³/mol. The molecule has 2 aliphatic rings. The SMILES string of the molecule is NC(N)(C(CO)N1CCCC1)N1CCCC1. The van der Waals surface area contributed by atoms with Gasteiger partial charge in [-0.3, -0.25) is 21.3 Å². The average Bonchev–Trinajstić information content (AvgIpc) is 2.91. The molecule has 5 N–H and O–H groups in total. The number of nitrogens with zero attached hydrogens (tertiary/aromatic N) is 2. The highest BCUT2D eigenvalue weighted by atomic mass is 16.3. The van der Waals surface area contributed by atoms with Crippen LogP contribution in [0.3, 0.4) is 0 Å². The summed E-state index contributed by atoms with van der Waals surface area (Å²) in [5.41, 5.74) is 12.5. The van der Waals surface area contributed by atoms with E-state index in [0.717, 1.165) is 39.0 Å². The van der Waals surface area contributed by atoms with E-state index in [2.05, 4.69) is 9.80 Å². The first-order chi connectivity index (χ1) is 7.66. The van der Waals surface area contributed by atoms with Crippen molar-refractivity contribution in [3.63, 3.8) is 0 Å². The van der Waals surface area contributed by atoms with Crippen molar-refractivity contribution in [1.29, 1.82) is 0 Å². The normalized spacial score (nSPS) is 26.4. The summed E-state index contributed by atoms with van der Waals surface area (Å²) in [7, 11) is 0. The van der Waals surface area contributed by atoms with Crippen molar-refractivity contribution in [1.82, 2.24) is 9.80 Å². The van der Waals surface area contributed by atoms with Gasteiger partial charge in [0.05, 0.1) is 12.6 Å². The molecule has 0 radical (unpaired) electrons. The first-order valence-electron chi connectivity index (χ1n) is 6.34. The third kappa shape index (κ3) is 2.24. The van der Waals surface area contributed by atoms with E-state index in [1.165, 1.54) is 12.8 Å². The Kier molecular flexibility index (Phi) is 3.81. The molecule has 2 rings (SSSR count). The molecule has 0 aromatic carbocycles. The molecular formula is C11H24N4O. The molecule has 0 aliphatic carbocycles. The molecule has 94 valence electrons. The fraction of sp³-hybridized carbons (Fsp3) is 1.00. The Morgan fingerprint density at radius 3 is 2.00 bits per heavy atom. The number of likely N-dealkylation sites (tertiary alicyclic amines) is 2. The van der Waals surface area contributed by atoms with Gasteiger partial charge < -0.3 is 5.11 Å². The van der Waals surface area contributed by atoms with Crippen molar-refractivity contribution >= 4 is 0 Å². The maximum absolute atomic E-state index is 9.55. The van der Waals surface area contributed by atoms with Gasteiger partial charge in [0, 0.05) is 13.1 Å². The first-order valence-corrected chi connectivity index (χ1v) is 6.34. The van der Waals surface area contributed by atoms with Crippen LogP contribution in [0.4, 0.5) is 0 Å². The minimum Gasteiger partial charge on any atom is -0.395 e. The van der Waals surface area contributed by atoms with Crippen molar-refractivity contribution in [3.05, 3.63) is 0 Å². The standard InChI is InChI=1S/C11H24N4O/c12-11(13,15-7-3-4-8-15)10(9-16)14-5-1-2-6-14/h10,16H,1-9,12-13H2. The molecule has 2 fully saturated rings. The number of aliphatic hydroxyl groups is 1. The van der Waals surface area contributed by atoms with E-state index in [-0.39, 0.29) is 12.6 Å². The van der Waals surface area contributed by atoms with E-state index < -0.39 is 5.79 Å². The summed E-state index contributed by atoms with van der Waals surface area (Å²) in [6.07, 6.45) is 4.70. The Hall–Kier alpha value is -0.200. The molecule has 0 aromatic heterocycles. The van der Waals surface area contributed by atoms with Gasteiger partial charge in [0.15, 0.2) is 0 Å². The van der Waals surface area contributed by atoms with E-state index >= 15 is 0 Å². The van der Waals surface area contributed by atoms with E-state index in [1.807, 2.05) is 0 Å². The molecule has 0 saturated carbocycles. The van der Waals surface area contributed by atoms with Crippen LogP contribution >= 0.6 is 0 Å². The summed E-state index contributed by atoms with van der Waals surface area (Å²) in [6, 6.07) is -0.131. The van der Waals surface area contributed by atoms with Crippen molar-refractivity contribution < 1.29 is 5.11 Å². The summed E-state index contributed by atoms with van der Waals surface area (Å²) < 4.78 is 0. The highest BCUT2D eigenvalue weighted by Crippen LogP contribution is 2.22. The van der Waals surface area contributed by atoms with Crippen LogP contribution in [0.2, 0.25) is 0 Å². The number of aliphatic hydroxyl groups excluding tert-OH is 1. The maximum atomic E-state index is 9.55. The van der Waals surface area contributed by atoms with Gasteiger partial charge in [-0.15, -0.1) is 0 Å². The van der Waals surface area contributed by atoms with Crippen LogP contribution < -0.4 is 11.5 Å². The first kappa shape index (κ1) is 12.3. The summed E-state index contributed by atoms with van der Waals surface area (Å²) in [6.45, 7) is 3.97. The highest BCUT2D eigenvalue weighted by Gasteiger charge is 2.41. The fourth-order valence-corrected chi connectivity index (χ4v) is 2.92. The summed E-state index contributed by atoms with van der Waals surface area (Å²) in [5, 5.41) is 9.55. The maximum Gasteiger partial charge on any atom is 0.139 e. The Morgan fingerprint density at radius 2 is 1.50 bits per heavy atom. The summed E-state index contributed by atoms with van der Waals surface area (Å²) in [4.78, 5) is 4.35. The van der Waals surface area contributed by atoms with Crippen LogP contribution in [0.5, 0.6) is 0 Å². The number of rotatable bonds is 4. The van der Waals surface area contributed by atoms with Gasteiger partial charge in [-0.25, -0.2) is 0 Å². The van der Waals surface area contributed by atoms with Crippen LogP contribution in [0.1, 0.15) is 25.7 Å². The smallest absolute Gasteiger partial charge is 0.139 e. The van der Waals surface area contributed by atoms with Gasteiger partial charge in [0.25, 0.3) is 0 Å². The Balaban J connectivity index is 2.05. The predicted octanol–water partition coefficient (Wildman–Crippen LogP) is -0.890. The number of hydrogen-bond donors (Lipinski definition) is 3. The Morgan fingerprint density at radius 1 is 1.00 bits per heavy atom. The van der Waals surface area contributed by atoms with E-state index in [9.17, 15) is 5.11 Å². The zero-order valence-corrected chi connectivity index (χ0v) is 9.94. The van der Waals surface area contributed by atoms with Crippen molar-refractivity contribution in [3.8, 4) is 0 Å². The van der Waals surface area contributed by atoms with E-state index in [1.54, 1.807) is 0 Å². The zero-order chi connectivity index (χ0) is 11.6. The van der Waals surface area contributed by atoms with Crippen LogP contribution in [0.15, 0.2) is 0 Å². The van der Waals surface area contributed by atoms with Gasteiger partial charge in [-0.05, 0) is 38.8 Å². The van der Waals surface area contributed by atoms with Gasteiger partial charge in [-0.2, -0.15) is 0 Å². The Bertz CT molecular complexity index is 222. The minimum absolute atomic E-state index is 0.0451. The molecule has 0 spiro atoms. The van der Waals surface area contributed by atoms with Gasteiger partial charge in [-0.1, -0.05) is 0 Å². The molecule has 5 heteroatoms. The molecule has 2 saturated heterocycles. The molecule has 1 unspecified atom stereocenters. The monoisotopic (exact) mass is 228 g/mol. The van der Waals surface area contributed by atoms with Gasteiger partial charge >= 0.3 is 0 Å². The van der Waals surface area contributed by atoms with Crippen molar-refractivity contribution in [2.45, 2.75) is 37.5 Å². The quantitative estimate of drug-likeness (QED) is 0.544. The van der Waals surface area contributed by atoms with Crippen LogP contribution in [-0.4, -0.2) is 59.5 Å². The summed E-state index contributed by atoms with van der Waals surface area (Å²) >= 11 is 0. The lowest BCUT2D eigenvalue weighted by Crippen LogP contribution is -2.73. The van der Waals surface area contributed by atoms with Crippen LogP contribution in [-0.2, 0) is 0 Å². The molecular weight excluding hydrogens is 204 g/mol. The molecule has 0 amide bonds. The third-order valence-electron chi connectivity index (χ3n) is 3.94. The molecule has 16 heavy (non-hydrogen) atoms. The van der Waals surface area contributed by atoms with Gasteiger partial charge in [0.1, 0.15) is 5.79 Å². The van der Waals surface area contributed by atoms with E-state index in [0.29, 0.717) is 0 Å². The lowest BCUT2D eigenvalue weighted by Gasteiger charge is -2.44. The molecule has 1 atom stereocenters. The lowest BCUT2D eigenvalue weighted by molar-refractivity contribution is -0.00372. The zero-order valence-electron chi connectivity index (χ0n) is 9.94. The molecule has 2 heterocycles. The molecule has 0 aromatic rings. The molecule has 5 nitrogen and oxygen atoms in total. The largest absolute Gasteiger partial charge is 0.395 e. The van der Waals surface area contributed by atoms with Crippen LogP contribution in [0.25, 0.3) is 0 Å². The van der Waals surface area contributed by atoms with Crippen molar-refractivity contribution in [2.24, 2.45) is 11.5 Å². The topological polar surface area (TPSA) is 78.7 Å². The second kappa shape index (κ2) is 4.98. The third-order valence-corrected chi connectivity index (χ3v) is 3.94. The van der Waals surface area contributed by atoms with Crippen molar-refractivity contribution in [2.75, 3.05) is 32.8 Å². The number of nitrogens with two attached hydrogens (primary N) is 2. The lowest BCUT2D eigenvalue weighted by atomic mass is 10.1. The number of hydrogen-bond acceptors (Lipinski definition) is 5. The molecule has 0 bridgehead atoms. The second-order valence-electron chi connectivity index (χ2n) is 5.02. The second-order valence-corrected chi connectivity index (χ2v) is 5.02. The minimum atomic E-state index is -0.879. The highest BCUT2D eigenvalue weighted by molar-refractivity contribution is 4.95. The average molecular weight is 228 g/mol. The van der Waals surface area contributed by atoms with E-state index in [4.69, 9.17) is 11.5 Å². The summed E-state index contributed by atoms with van der Waals surface area (Å²) in [5.74, 6) is -0.879.